The van der Waals surface area contributed by atoms with Crippen LogP contribution in [-0.4, -0.2) is 22.5 Å². The van der Waals surface area contributed by atoms with Crippen LogP contribution in [0.4, 0.5) is 0 Å². The van der Waals surface area contributed by atoms with Crippen molar-refractivity contribution >= 4 is 28.5 Å². The summed E-state index contributed by atoms with van der Waals surface area (Å²) in [5, 5.41) is 10.5. The van der Waals surface area contributed by atoms with Crippen molar-refractivity contribution in [1.29, 1.82) is 0 Å². The number of phenols is 1. The molecule has 1 atom stereocenters. The Balaban J connectivity index is 1.66. The van der Waals surface area contributed by atoms with Gasteiger partial charge in [0.1, 0.15) is 11.3 Å². The van der Waals surface area contributed by atoms with Crippen molar-refractivity contribution < 1.29 is 14.3 Å². The van der Waals surface area contributed by atoms with Gasteiger partial charge in [0.05, 0.1) is 17.0 Å². The maximum atomic E-state index is 13.4. The maximum absolute atomic E-state index is 13.4. The van der Waals surface area contributed by atoms with Gasteiger partial charge in [-0.15, -0.1) is 0 Å². The number of carbonyl (C=O) groups excluding carboxylic acids is 1. The van der Waals surface area contributed by atoms with Gasteiger partial charge in [-0.05, 0) is 47.9 Å². The molecule has 6 heteroatoms. The highest BCUT2D eigenvalue weighted by Gasteiger charge is 2.42. The Kier molecular flexibility index (Phi) is 4.75. The third-order valence-electron chi connectivity index (χ3n) is 5.62. The molecular formula is C25H18ClNO4. The molecule has 154 valence electrons. The second kappa shape index (κ2) is 7.60. The zero-order chi connectivity index (χ0) is 21.5. The molecule has 5 nitrogen and oxygen atoms in total. The van der Waals surface area contributed by atoms with Gasteiger partial charge in [0, 0.05) is 11.6 Å². The van der Waals surface area contributed by atoms with Gasteiger partial charge in [0.25, 0.3) is 5.91 Å². The predicted octanol–water partition coefficient (Wildman–Crippen LogP) is 4.94. The lowest BCUT2D eigenvalue weighted by Crippen LogP contribution is -2.31. The molecule has 0 unspecified atom stereocenters. The van der Waals surface area contributed by atoms with E-state index in [2.05, 4.69) is 0 Å². The number of phenolic OH excluding ortho intramolecular Hbond substituents is 1. The molecule has 1 aliphatic heterocycles. The van der Waals surface area contributed by atoms with Crippen molar-refractivity contribution in [2.24, 2.45) is 0 Å². The number of aromatic hydroxyl groups is 1. The lowest BCUT2D eigenvalue weighted by molar-refractivity contribution is 0.0730. The van der Waals surface area contributed by atoms with Gasteiger partial charge in [-0.1, -0.05) is 54.1 Å². The van der Waals surface area contributed by atoms with Gasteiger partial charge in [-0.3, -0.25) is 9.59 Å². The van der Waals surface area contributed by atoms with Gasteiger partial charge < -0.3 is 14.4 Å². The molecule has 31 heavy (non-hydrogen) atoms. The molecule has 1 aliphatic rings. The van der Waals surface area contributed by atoms with E-state index in [0.717, 1.165) is 11.1 Å². The number of halogens is 1. The highest BCUT2D eigenvalue weighted by molar-refractivity contribution is 6.31. The molecule has 0 saturated carbocycles. The zero-order valence-corrected chi connectivity index (χ0v) is 17.2. The number of hydrogen-bond acceptors (Lipinski definition) is 4. The van der Waals surface area contributed by atoms with Crippen LogP contribution < -0.4 is 5.43 Å². The van der Waals surface area contributed by atoms with Gasteiger partial charge >= 0.3 is 0 Å². The summed E-state index contributed by atoms with van der Waals surface area (Å²) < 4.78 is 5.91. The lowest BCUT2D eigenvalue weighted by atomic mass is 9.98. The van der Waals surface area contributed by atoms with Gasteiger partial charge in [-0.25, -0.2) is 0 Å². The van der Waals surface area contributed by atoms with Crippen LogP contribution in [-0.2, 0) is 6.42 Å². The van der Waals surface area contributed by atoms with E-state index in [0.29, 0.717) is 34.5 Å². The number of carbonyl (C=O) groups is 1. The number of amides is 1. The standard InChI is InChI=1S/C25H18ClNO4/c26-17-8-11-20-19(14-17)23(29)21-22(16-6-9-18(28)10-7-16)27(25(30)24(21)31-20)13-12-15-4-2-1-3-5-15/h1-11,14,22,28H,12-13H2/t22-/m0/s1. The first kappa shape index (κ1) is 19.4. The molecule has 0 fully saturated rings. The number of hydrogen-bond donors (Lipinski definition) is 1. The van der Waals surface area contributed by atoms with Crippen LogP contribution in [0.15, 0.2) is 82.0 Å². The number of rotatable bonds is 4. The molecule has 1 aromatic heterocycles. The van der Waals surface area contributed by atoms with Gasteiger partial charge in [0.15, 0.2) is 5.43 Å². The van der Waals surface area contributed by atoms with Crippen molar-refractivity contribution in [3.8, 4) is 5.75 Å². The summed E-state index contributed by atoms with van der Waals surface area (Å²) in [6.45, 7) is 0.412. The van der Waals surface area contributed by atoms with Crippen LogP contribution in [0.25, 0.3) is 11.0 Å². The Labute approximate surface area is 183 Å². The minimum absolute atomic E-state index is 0.0611. The first-order valence-electron chi connectivity index (χ1n) is 9.93. The summed E-state index contributed by atoms with van der Waals surface area (Å²) in [4.78, 5) is 28.5. The fourth-order valence-corrected chi connectivity index (χ4v) is 4.29. The van der Waals surface area contributed by atoms with E-state index in [1.807, 2.05) is 30.3 Å². The number of fused-ring (bicyclic) bond motifs is 2. The zero-order valence-electron chi connectivity index (χ0n) is 16.4. The summed E-state index contributed by atoms with van der Waals surface area (Å²) >= 11 is 6.10. The number of benzene rings is 3. The molecule has 4 aromatic rings. The Morgan fingerprint density at radius 2 is 1.71 bits per heavy atom. The second-order valence-electron chi connectivity index (χ2n) is 7.54. The summed E-state index contributed by atoms with van der Waals surface area (Å²) in [6, 6.07) is 20.6. The maximum Gasteiger partial charge on any atom is 0.290 e. The van der Waals surface area contributed by atoms with Crippen LogP contribution in [0.1, 0.15) is 33.3 Å². The topological polar surface area (TPSA) is 70.8 Å². The molecular weight excluding hydrogens is 414 g/mol. The third-order valence-corrected chi connectivity index (χ3v) is 5.86. The number of nitrogens with zero attached hydrogens (tertiary/aromatic N) is 1. The van der Waals surface area contributed by atoms with Crippen LogP contribution in [0.5, 0.6) is 5.75 Å². The van der Waals surface area contributed by atoms with Crippen LogP contribution in [0, 0.1) is 0 Å². The minimum atomic E-state index is -0.605. The van der Waals surface area contributed by atoms with Crippen LogP contribution in [0.2, 0.25) is 5.02 Å². The molecule has 1 amide bonds. The Hall–Kier alpha value is -3.57. The quantitative estimate of drug-likeness (QED) is 0.497. The SMILES string of the molecule is O=C1c2oc3ccc(Cl)cc3c(=O)c2[C@H](c2ccc(O)cc2)N1CCc1ccccc1. The summed E-state index contributed by atoms with van der Waals surface area (Å²) in [7, 11) is 0. The predicted molar refractivity (Wildman–Crippen MR) is 119 cm³/mol. The van der Waals surface area contributed by atoms with Crippen molar-refractivity contribution in [3.63, 3.8) is 0 Å². The highest BCUT2D eigenvalue weighted by Crippen LogP contribution is 2.38. The molecule has 0 saturated heterocycles. The monoisotopic (exact) mass is 431 g/mol. The van der Waals surface area contributed by atoms with E-state index in [9.17, 15) is 14.7 Å². The second-order valence-corrected chi connectivity index (χ2v) is 7.98. The summed E-state index contributed by atoms with van der Waals surface area (Å²) in [6.07, 6.45) is 0.634. The summed E-state index contributed by atoms with van der Waals surface area (Å²) in [5.74, 6) is -0.148. The molecule has 0 spiro atoms. The van der Waals surface area contributed by atoms with E-state index >= 15 is 0 Å². The van der Waals surface area contributed by atoms with Gasteiger partial charge in [0.2, 0.25) is 5.76 Å². The van der Waals surface area contributed by atoms with E-state index in [4.69, 9.17) is 16.0 Å². The van der Waals surface area contributed by atoms with Crippen LogP contribution in [0.3, 0.4) is 0 Å². The smallest absolute Gasteiger partial charge is 0.290 e. The molecule has 2 heterocycles. The van der Waals surface area contributed by atoms with E-state index in [1.54, 1.807) is 47.4 Å². The van der Waals surface area contributed by atoms with Gasteiger partial charge in [-0.2, -0.15) is 0 Å². The third kappa shape index (κ3) is 3.37. The van der Waals surface area contributed by atoms with Crippen LogP contribution >= 0.6 is 11.6 Å². The minimum Gasteiger partial charge on any atom is -0.508 e. The van der Waals surface area contributed by atoms with E-state index in [1.165, 1.54) is 0 Å². The molecule has 3 aromatic carbocycles. The first-order chi connectivity index (χ1) is 15.0. The van der Waals surface area contributed by atoms with E-state index < -0.39 is 6.04 Å². The molecule has 5 rings (SSSR count). The molecule has 0 radical (unpaired) electrons. The lowest BCUT2D eigenvalue weighted by Gasteiger charge is -2.25. The average molecular weight is 432 g/mol. The fraction of sp³-hybridized carbons (Fsp3) is 0.120. The van der Waals surface area contributed by atoms with Crippen molar-refractivity contribution in [3.05, 3.63) is 110 Å². The molecule has 0 aliphatic carbocycles. The Morgan fingerprint density at radius 1 is 0.968 bits per heavy atom. The van der Waals surface area contributed by atoms with E-state index in [-0.39, 0.29) is 22.8 Å². The Bertz CT molecular complexity index is 1350. The first-order valence-corrected chi connectivity index (χ1v) is 10.3. The highest BCUT2D eigenvalue weighted by atomic mass is 35.5. The van der Waals surface area contributed by atoms with Crippen molar-refractivity contribution in [2.75, 3.05) is 6.54 Å². The van der Waals surface area contributed by atoms with Crippen molar-refractivity contribution in [1.82, 2.24) is 4.90 Å². The average Bonchev–Trinajstić information content (AvgIpc) is 3.06. The summed E-state index contributed by atoms with van der Waals surface area (Å²) in [5.41, 5.74) is 2.18. The normalized spacial score (nSPS) is 15.5. The molecule has 0 bridgehead atoms. The largest absolute Gasteiger partial charge is 0.508 e. The van der Waals surface area contributed by atoms with Crippen molar-refractivity contribution in [2.45, 2.75) is 12.5 Å². The fourth-order valence-electron chi connectivity index (χ4n) is 4.12. The Morgan fingerprint density at radius 3 is 2.45 bits per heavy atom. The molecule has 1 N–H and O–H groups in total.